The summed E-state index contributed by atoms with van der Waals surface area (Å²) in [5, 5.41) is 14.8. The predicted molar refractivity (Wildman–Crippen MR) is 78.8 cm³/mol. The van der Waals surface area contributed by atoms with Gasteiger partial charge in [0.1, 0.15) is 5.69 Å². The standard InChI is InChI=1S/C13H17N5OS/c1-9-16-11(8-20-9)7-18(2)6-10-3-4-15-12(5-10)13(14)17-19/h3-5,8,19H,6-7H2,1-2H3,(H2,14,17). The molecule has 2 rings (SSSR count). The first-order chi connectivity index (χ1) is 9.58. The van der Waals surface area contributed by atoms with Crippen molar-refractivity contribution in [3.63, 3.8) is 0 Å². The van der Waals surface area contributed by atoms with Crippen LogP contribution >= 0.6 is 11.3 Å². The maximum atomic E-state index is 8.66. The lowest BCUT2D eigenvalue weighted by Gasteiger charge is -2.15. The molecule has 0 aliphatic rings. The van der Waals surface area contributed by atoms with Crippen molar-refractivity contribution in [3.05, 3.63) is 45.7 Å². The van der Waals surface area contributed by atoms with Crippen molar-refractivity contribution in [2.75, 3.05) is 7.05 Å². The number of oxime groups is 1. The van der Waals surface area contributed by atoms with Gasteiger partial charge in [0.25, 0.3) is 0 Å². The minimum absolute atomic E-state index is 0.0182. The molecule has 2 aromatic heterocycles. The smallest absolute Gasteiger partial charge is 0.188 e. The molecule has 2 heterocycles. The minimum atomic E-state index is 0.0182. The lowest BCUT2D eigenvalue weighted by Crippen LogP contribution is -2.19. The van der Waals surface area contributed by atoms with Gasteiger partial charge in [0.15, 0.2) is 5.84 Å². The zero-order chi connectivity index (χ0) is 14.5. The van der Waals surface area contributed by atoms with Crippen LogP contribution in [-0.2, 0) is 13.1 Å². The fraction of sp³-hybridized carbons (Fsp3) is 0.308. The Morgan fingerprint density at radius 3 is 2.95 bits per heavy atom. The molecule has 0 aliphatic heterocycles. The summed E-state index contributed by atoms with van der Waals surface area (Å²) < 4.78 is 0. The number of aryl methyl sites for hydroxylation is 1. The number of nitrogens with zero attached hydrogens (tertiary/aromatic N) is 4. The van der Waals surface area contributed by atoms with Crippen molar-refractivity contribution in [1.29, 1.82) is 0 Å². The van der Waals surface area contributed by atoms with Crippen molar-refractivity contribution >= 4 is 17.2 Å². The van der Waals surface area contributed by atoms with Crippen LogP contribution < -0.4 is 5.73 Å². The zero-order valence-corrected chi connectivity index (χ0v) is 12.3. The number of thiazole rings is 1. The molecule has 2 aromatic rings. The van der Waals surface area contributed by atoms with Gasteiger partial charge in [-0.2, -0.15) is 0 Å². The van der Waals surface area contributed by atoms with E-state index in [0.29, 0.717) is 5.69 Å². The van der Waals surface area contributed by atoms with Gasteiger partial charge in [-0.05, 0) is 31.7 Å². The molecular formula is C13H17N5OS. The SMILES string of the molecule is Cc1nc(CN(C)Cc2ccnc(C(N)=NO)c2)cs1. The van der Waals surface area contributed by atoms with Gasteiger partial charge in [-0.1, -0.05) is 5.16 Å². The average molecular weight is 291 g/mol. The van der Waals surface area contributed by atoms with Crippen molar-refractivity contribution in [2.24, 2.45) is 10.9 Å². The van der Waals surface area contributed by atoms with E-state index in [4.69, 9.17) is 10.9 Å². The number of pyridine rings is 1. The highest BCUT2D eigenvalue weighted by Crippen LogP contribution is 2.12. The first-order valence-corrected chi connectivity index (χ1v) is 6.99. The Kier molecular flexibility index (Phi) is 4.65. The summed E-state index contributed by atoms with van der Waals surface area (Å²) >= 11 is 1.65. The van der Waals surface area contributed by atoms with E-state index < -0.39 is 0 Å². The lowest BCUT2D eigenvalue weighted by atomic mass is 10.2. The molecule has 0 atom stereocenters. The fourth-order valence-corrected chi connectivity index (χ4v) is 2.49. The minimum Gasteiger partial charge on any atom is -0.409 e. The third kappa shape index (κ3) is 3.75. The number of hydrogen-bond donors (Lipinski definition) is 2. The van der Waals surface area contributed by atoms with E-state index >= 15 is 0 Å². The Labute approximate surface area is 121 Å². The van der Waals surface area contributed by atoms with Gasteiger partial charge in [-0.3, -0.25) is 9.88 Å². The molecule has 0 unspecified atom stereocenters. The fourth-order valence-electron chi connectivity index (χ4n) is 1.89. The summed E-state index contributed by atoms with van der Waals surface area (Å²) in [5.41, 5.74) is 8.13. The van der Waals surface area contributed by atoms with Crippen LogP contribution in [0.2, 0.25) is 0 Å². The summed E-state index contributed by atoms with van der Waals surface area (Å²) in [7, 11) is 2.03. The molecule has 6 nitrogen and oxygen atoms in total. The van der Waals surface area contributed by atoms with E-state index in [1.807, 2.05) is 26.1 Å². The molecule has 0 radical (unpaired) electrons. The molecule has 3 N–H and O–H groups in total. The topological polar surface area (TPSA) is 87.6 Å². The summed E-state index contributed by atoms with van der Waals surface area (Å²) in [6.45, 7) is 3.52. The van der Waals surface area contributed by atoms with Gasteiger partial charge in [0, 0.05) is 24.7 Å². The van der Waals surface area contributed by atoms with Crippen LogP contribution in [0.5, 0.6) is 0 Å². The molecule has 0 fully saturated rings. The quantitative estimate of drug-likeness (QED) is 0.378. The number of hydrogen-bond acceptors (Lipinski definition) is 6. The van der Waals surface area contributed by atoms with Crippen molar-refractivity contribution in [1.82, 2.24) is 14.9 Å². The third-order valence-electron chi connectivity index (χ3n) is 2.75. The number of rotatable bonds is 5. The van der Waals surface area contributed by atoms with Crippen LogP contribution in [0.25, 0.3) is 0 Å². The van der Waals surface area contributed by atoms with Gasteiger partial charge in [0.2, 0.25) is 0 Å². The molecule has 0 aromatic carbocycles. The summed E-state index contributed by atoms with van der Waals surface area (Å²) in [6.07, 6.45) is 1.66. The van der Waals surface area contributed by atoms with E-state index in [1.54, 1.807) is 17.5 Å². The normalized spacial score (nSPS) is 12.1. The zero-order valence-electron chi connectivity index (χ0n) is 11.4. The number of amidine groups is 1. The van der Waals surface area contributed by atoms with Gasteiger partial charge < -0.3 is 10.9 Å². The summed E-state index contributed by atoms with van der Waals surface area (Å²) in [4.78, 5) is 10.7. The molecule has 0 bridgehead atoms. The van der Waals surface area contributed by atoms with Crippen LogP contribution in [0.4, 0.5) is 0 Å². The number of nitrogens with two attached hydrogens (primary N) is 1. The highest BCUT2D eigenvalue weighted by atomic mass is 32.1. The van der Waals surface area contributed by atoms with Gasteiger partial charge in [-0.25, -0.2) is 4.98 Å². The molecule has 0 saturated heterocycles. The van der Waals surface area contributed by atoms with Crippen molar-refractivity contribution in [3.8, 4) is 0 Å². The number of aromatic nitrogens is 2. The molecular weight excluding hydrogens is 274 g/mol. The molecule has 0 saturated carbocycles. The highest BCUT2D eigenvalue weighted by molar-refractivity contribution is 7.09. The molecule has 0 amide bonds. The maximum Gasteiger partial charge on any atom is 0.188 e. The van der Waals surface area contributed by atoms with Gasteiger partial charge in [0.05, 0.1) is 10.7 Å². The lowest BCUT2D eigenvalue weighted by molar-refractivity contribution is 0.315. The monoisotopic (exact) mass is 291 g/mol. The third-order valence-corrected chi connectivity index (χ3v) is 3.57. The average Bonchev–Trinajstić information content (AvgIpc) is 2.83. The van der Waals surface area contributed by atoms with Crippen LogP contribution in [0.15, 0.2) is 28.9 Å². The Hall–Kier alpha value is -1.99. The Morgan fingerprint density at radius 1 is 1.50 bits per heavy atom. The second kappa shape index (κ2) is 6.44. The largest absolute Gasteiger partial charge is 0.409 e. The van der Waals surface area contributed by atoms with Crippen LogP contribution in [0, 0.1) is 6.92 Å². The molecule has 106 valence electrons. The van der Waals surface area contributed by atoms with E-state index in [-0.39, 0.29) is 5.84 Å². The van der Waals surface area contributed by atoms with Crippen molar-refractivity contribution < 1.29 is 5.21 Å². The van der Waals surface area contributed by atoms with Crippen molar-refractivity contribution in [2.45, 2.75) is 20.0 Å². The van der Waals surface area contributed by atoms with E-state index in [2.05, 4.69) is 25.4 Å². The molecule has 0 spiro atoms. The summed E-state index contributed by atoms with van der Waals surface area (Å²) in [5.74, 6) is 0.0182. The predicted octanol–water partition coefficient (Wildman–Crippen LogP) is 1.57. The molecule has 0 aliphatic carbocycles. The van der Waals surface area contributed by atoms with E-state index in [1.165, 1.54) is 0 Å². The van der Waals surface area contributed by atoms with Gasteiger partial charge in [-0.15, -0.1) is 11.3 Å². The maximum absolute atomic E-state index is 8.66. The first kappa shape index (κ1) is 14.4. The Morgan fingerprint density at radius 2 is 2.30 bits per heavy atom. The van der Waals surface area contributed by atoms with Crippen LogP contribution in [-0.4, -0.2) is 33.0 Å². The van der Waals surface area contributed by atoms with Gasteiger partial charge >= 0.3 is 0 Å². The molecule has 20 heavy (non-hydrogen) atoms. The van der Waals surface area contributed by atoms with E-state index in [9.17, 15) is 0 Å². The summed E-state index contributed by atoms with van der Waals surface area (Å²) in [6, 6.07) is 3.73. The Bertz CT molecular complexity index is 610. The molecule has 7 heteroatoms. The highest BCUT2D eigenvalue weighted by Gasteiger charge is 2.07. The second-order valence-electron chi connectivity index (χ2n) is 4.56. The second-order valence-corrected chi connectivity index (χ2v) is 5.63. The Balaban J connectivity index is 2.02. The van der Waals surface area contributed by atoms with Crippen LogP contribution in [0.3, 0.4) is 0 Å². The van der Waals surface area contributed by atoms with E-state index in [0.717, 1.165) is 29.4 Å². The van der Waals surface area contributed by atoms with Crippen LogP contribution in [0.1, 0.15) is 22.0 Å². The first-order valence-electron chi connectivity index (χ1n) is 6.11.